The van der Waals surface area contributed by atoms with Crippen molar-refractivity contribution < 1.29 is 14.3 Å². The van der Waals surface area contributed by atoms with E-state index in [0.29, 0.717) is 22.7 Å². The molecule has 0 saturated heterocycles. The number of benzene rings is 1. The Morgan fingerprint density at radius 1 is 1.12 bits per heavy atom. The predicted octanol–water partition coefficient (Wildman–Crippen LogP) is 3.43. The van der Waals surface area contributed by atoms with Crippen LogP contribution in [0.5, 0.6) is 11.5 Å². The highest BCUT2D eigenvalue weighted by atomic mass is 32.1. The smallest absolute Gasteiger partial charge is 0.250 e. The van der Waals surface area contributed by atoms with Gasteiger partial charge in [0.05, 0.1) is 14.2 Å². The molecule has 0 unspecified atom stereocenters. The summed E-state index contributed by atoms with van der Waals surface area (Å²) in [7, 11) is 3.17. The molecule has 0 aromatic heterocycles. The minimum atomic E-state index is -0.249. The fourth-order valence-electron chi connectivity index (χ4n) is 2.93. The molecule has 1 aromatic carbocycles. The van der Waals surface area contributed by atoms with E-state index in [0.717, 1.165) is 18.4 Å². The number of rotatable bonds is 5. The van der Waals surface area contributed by atoms with Crippen molar-refractivity contribution in [3.63, 3.8) is 0 Å². The maximum absolute atomic E-state index is 12.0. The third-order valence-corrected chi connectivity index (χ3v) is 4.48. The van der Waals surface area contributed by atoms with Crippen LogP contribution < -0.4 is 20.1 Å². The van der Waals surface area contributed by atoms with E-state index < -0.39 is 0 Å². The first kappa shape index (κ1) is 19.2. The zero-order valence-electron chi connectivity index (χ0n) is 14.8. The van der Waals surface area contributed by atoms with E-state index in [1.807, 2.05) is 12.1 Å². The van der Waals surface area contributed by atoms with Gasteiger partial charge in [0.25, 0.3) is 0 Å². The number of carbonyl (C=O) groups is 1. The van der Waals surface area contributed by atoms with E-state index >= 15 is 0 Å². The lowest BCUT2D eigenvalue weighted by Gasteiger charge is -2.17. The van der Waals surface area contributed by atoms with Gasteiger partial charge < -0.3 is 14.8 Å². The van der Waals surface area contributed by atoms with E-state index in [4.69, 9.17) is 21.7 Å². The number of amides is 1. The normalized spacial score (nSPS) is 15.4. The summed E-state index contributed by atoms with van der Waals surface area (Å²) in [6.07, 6.45) is 10.4. The molecule has 5 nitrogen and oxygen atoms in total. The van der Waals surface area contributed by atoms with E-state index in [2.05, 4.69) is 10.6 Å². The molecule has 0 bridgehead atoms. The second-order valence-electron chi connectivity index (χ2n) is 6.10. The molecule has 1 fully saturated rings. The van der Waals surface area contributed by atoms with Crippen molar-refractivity contribution in [3.8, 4) is 11.5 Å². The van der Waals surface area contributed by atoms with Gasteiger partial charge in [0.15, 0.2) is 16.6 Å². The molecule has 0 aliphatic heterocycles. The molecule has 1 amide bonds. The van der Waals surface area contributed by atoms with Gasteiger partial charge >= 0.3 is 0 Å². The van der Waals surface area contributed by atoms with Gasteiger partial charge in [-0.05, 0) is 48.8 Å². The highest BCUT2D eigenvalue weighted by Crippen LogP contribution is 2.27. The molecule has 0 spiro atoms. The van der Waals surface area contributed by atoms with Crippen LogP contribution in [0.25, 0.3) is 6.08 Å². The van der Waals surface area contributed by atoms with Crippen molar-refractivity contribution in [2.24, 2.45) is 0 Å². The van der Waals surface area contributed by atoms with Crippen LogP contribution in [0, 0.1) is 0 Å². The van der Waals surface area contributed by atoms with Gasteiger partial charge in [0.1, 0.15) is 0 Å². The second-order valence-corrected chi connectivity index (χ2v) is 6.51. The first-order valence-electron chi connectivity index (χ1n) is 8.64. The maximum atomic E-state index is 12.0. The topological polar surface area (TPSA) is 59.6 Å². The Kier molecular flexibility index (Phi) is 7.73. The molecule has 6 heteroatoms. The molecule has 0 heterocycles. The van der Waals surface area contributed by atoms with Crippen LogP contribution in [0.2, 0.25) is 0 Å². The molecule has 1 aliphatic rings. The lowest BCUT2D eigenvalue weighted by molar-refractivity contribution is -0.115. The summed E-state index contributed by atoms with van der Waals surface area (Å²) in [5.74, 6) is 1.02. The quantitative estimate of drug-likeness (QED) is 0.477. The number of thiocarbonyl (C=S) groups is 1. The van der Waals surface area contributed by atoms with Crippen molar-refractivity contribution in [3.05, 3.63) is 29.8 Å². The molecule has 0 atom stereocenters. The fourth-order valence-corrected chi connectivity index (χ4v) is 3.19. The maximum Gasteiger partial charge on any atom is 0.250 e. The summed E-state index contributed by atoms with van der Waals surface area (Å²) in [6, 6.07) is 5.83. The first-order chi connectivity index (χ1) is 12.1. The number of carbonyl (C=O) groups excluding carboxylic acids is 1. The van der Waals surface area contributed by atoms with Gasteiger partial charge in [-0.15, -0.1) is 0 Å². The Labute approximate surface area is 154 Å². The third kappa shape index (κ3) is 6.38. The fraction of sp³-hybridized carbons (Fsp3) is 0.474. The van der Waals surface area contributed by atoms with Crippen LogP contribution in [-0.2, 0) is 4.79 Å². The van der Waals surface area contributed by atoms with Crippen LogP contribution in [0.15, 0.2) is 24.3 Å². The summed E-state index contributed by atoms with van der Waals surface area (Å²) in [6.45, 7) is 0. The van der Waals surface area contributed by atoms with Gasteiger partial charge in [-0.3, -0.25) is 10.1 Å². The van der Waals surface area contributed by atoms with Crippen molar-refractivity contribution in [2.75, 3.05) is 14.2 Å². The lowest BCUT2D eigenvalue weighted by atomic mass is 10.1. The molecule has 1 saturated carbocycles. The summed E-state index contributed by atoms with van der Waals surface area (Å²) < 4.78 is 10.4. The van der Waals surface area contributed by atoms with Crippen molar-refractivity contribution >= 4 is 29.3 Å². The Balaban J connectivity index is 1.86. The molecule has 1 aromatic rings. The average Bonchev–Trinajstić information content (AvgIpc) is 2.88. The average molecular weight is 362 g/mol. The highest BCUT2D eigenvalue weighted by molar-refractivity contribution is 7.80. The largest absolute Gasteiger partial charge is 0.493 e. The molecule has 25 heavy (non-hydrogen) atoms. The Bertz CT molecular complexity index is 623. The summed E-state index contributed by atoms with van der Waals surface area (Å²) in [5.41, 5.74) is 0.843. The predicted molar refractivity (Wildman–Crippen MR) is 104 cm³/mol. The monoisotopic (exact) mass is 362 g/mol. The zero-order valence-corrected chi connectivity index (χ0v) is 15.7. The van der Waals surface area contributed by atoms with E-state index in [-0.39, 0.29) is 5.91 Å². The van der Waals surface area contributed by atoms with Crippen LogP contribution in [-0.4, -0.2) is 31.3 Å². The second kappa shape index (κ2) is 10.0. The minimum Gasteiger partial charge on any atom is -0.493 e. The number of methoxy groups -OCH3 is 2. The molecule has 2 rings (SSSR count). The lowest BCUT2D eigenvalue weighted by Crippen LogP contribution is -2.43. The molecule has 2 N–H and O–H groups in total. The molecule has 0 radical (unpaired) electrons. The number of hydrogen-bond donors (Lipinski definition) is 2. The Morgan fingerprint density at radius 3 is 2.44 bits per heavy atom. The Morgan fingerprint density at radius 2 is 1.80 bits per heavy atom. The van der Waals surface area contributed by atoms with E-state index in [9.17, 15) is 4.79 Å². The number of ether oxygens (including phenoxy) is 2. The van der Waals surface area contributed by atoms with Gasteiger partial charge in [-0.1, -0.05) is 31.7 Å². The van der Waals surface area contributed by atoms with Gasteiger partial charge in [0, 0.05) is 12.1 Å². The van der Waals surface area contributed by atoms with Crippen LogP contribution in [0.4, 0.5) is 0 Å². The molecular weight excluding hydrogens is 336 g/mol. The van der Waals surface area contributed by atoms with Gasteiger partial charge in [-0.25, -0.2) is 0 Å². The number of nitrogens with one attached hydrogen (secondary N) is 2. The number of hydrogen-bond acceptors (Lipinski definition) is 4. The van der Waals surface area contributed by atoms with Crippen LogP contribution in [0.1, 0.15) is 44.1 Å². The van der Waals surface area contributed by atoms with Crippen LogP contribution >= 0.6 is 12.2 Å². The SMILES string of the molecule is COc1ccc(/C=C/C(=O)NC(=S)NC2CCCCCC2)cc1OC. The standard InChI is InChI=1S/C19H26N2O3S/c1-23-16-11-9-14(13-17(16)24-2)10-12-18(22)21-19(25)20-15-7-5-3-4-6-8-15/h9-13,15H,3-8H2,1-2H3,(H2,20,21,22,25)/b12-10+. The minimum absolute atomic E-state index is 0.249. The first-order valence-corrected chi connectivity index (χ1v) is 9.05. The zero-order chi connectivity index (χ0) is 18.1. The highest BCUT2D eigenvalue weighted by Gasteiger charge is 2.13. The molecule has 1 aliphatic carbocycles. The van der Waals surface area contributed by atoms with Gasteiger partial charge in [0.2, 0.25) is 5.91 Å². The van der Waals surface area contributed by atoms with Crippen molar-refractivity contribution in [2.45, 2.75) is 44.6 Å². The van der Waals surface area contributed by atoms with Crippen molar-refractivity contribution in [1.82, 2.24) is 10.6 Å². The van der Waals surface area contributed by atoms with Crippen molar-refractivity contribution in [1.29, 1.82) is 0 Å². The molecular formula is C19H26N2O3S. The Hall–Kier alpha value is -2.08. The molecule has 136 valence electrons. The third-order valence-electron chi connectivity index (χ3n) is 4.26. The van der Waals surface area contributed by atoms with Gasteiger partial charge in [-0.2, -0.15) is 0 Å². The van der Waals surface area contributed by atoms with Crippen LogP contribution in [0.3, 0.4) is 0 Å². The summed E-state index contributed by atoms with van der Waals surface area (Å²) in [5, 5.41) is 6.36. The summed E-state index contributed by atoms with van der Waals surface area (Å²) in [4.78, 5) is 12.0. The van der Waals surface area contributed by atoms with E-state index in [1.54, 1.807) is 26.4 Å². The summed E-state index contributed by atoms with van der Waals surface area (Å²) >= 11 is 5.25. The van der Waals surface area contributed by atoms with E-state index in [1.165, 1.54) is 31.8 Å².